The van der Waals surface area contributed by atoms with Gasteiger partial charge in [0, 0.05) is 0 Å². The summed E-state index contributed by atoms with van der Waals surface area (Å²) in [5.74, 6) is -2.89. The Kier molecular flexibility index (Phi) is 63.5. The van der Waals surface area contributed by atoms with Crippen LogP contribution in [-0.2, 0) is 18.9 Å². The van der Waals surface area contributed by atoms with Crippen LogP contribution in [0.15, 0.2) is 60.7 Å². The molecule has 0 heterocycles. The summed E-state index contributed by atoms with van der Waals surface area (Å²) in [6.07, 6.45) is 84.5. The summed E-state index contributed by atoms with van der Waals surface area (Å²) in [7, 11) is 0. The molecule has 90 heavy (non-hydrogen) atoms. The number of unbranched alkanes of at least 4 members (excludes halogenated alkanes) is 48. The molecule has 0 amide bonds. The molecule has 1 rings (SSSR count). The Morgan fingerprint density at radius 3 is 0.500 bits per heavy atom. The van der Waals surface area contributed by atoms with Gasteiger partial charge in [-0.2, -0.15) is 0 Å². The van der Waals surface area contributed by atoms with Crippen LogP contribution < -0.4 is 0 Å². The second-order valence-electron chi connectivity index (χ2n) is 26.2. The van der Waals surface area contributed by atoms with Gasteiger partial charge in [0.25, 0.3) is 0 Å². The number of benzene rings is 1. The van der Waals surface area contributed by atoms with Crippen molar-refractivity contribution in [3.05, 3.63) is 83.0 Å². The van der Waals surface area contributed by atoms with E-state index in [1.54, 1.807) is 0 Å². The topological polar surface area (TPSA) is 105 Å². The lowest BCUT2D eigenvalue weighted by Crippen LogP contribution is -2.21. The van der Waals surface area contributed by atoms with Crippen molar-refractivity contribution in [3.63, 3.8) is 0 Å². The Hall–Kier alpha value is -3.94. The van der Waals surface area contributed by atoms with Crippen molar-refractivity contribution >= 4 is 23.9 Å². The summed E-state index contributed by atoms with van der Waals surface area (Å²) in [6, 6.07) is 2.63. The monoisotopic (exact) mass is 1260 g/mol. The summed E-state index contributed by atoms with van der Waals surface area (Å²) in [5.41, 5.74) is -0.390. The van der Waals surface area contributed by atoms with Crippen molar-refractivity contribution in [2.75, 3.05) is 26.4 Å². The molecule has 0 spiro atoms. The predicted octanol–water partition coefficient (Wildman–Crippen LogP) is 26.5. The van der Waals surface area contributed by atoms with Crippen LogP contribution >= 0.6 is 0 Å². The first-order valence-corrected chi connectivity index (χ1v) is 38.9. The summed E-state index contributed by atoms with van der Waals surface area (Å²) in [6.45, 7) is 9.78. The Morgan fingerprint density at radius 2 is 0.344 bits per heavy atom. The lowest BCUT2D eigenvalue weighted by Gasteiger charge is -2.15. The second kappa shape index (κ2) is 67.9. The Morgan fingerprint density at radius 1 is 0.211 bits per heavy atom. The minimum absolute atomic E-state index is 0.0976. The number of hydrogen-bond donors (Lipinski definition) is 0. The summed E-state index contributed by atoms with van der Waals surface area (Å²) in [5, 5.41) is 0. The number of esters is 4. The van der Waals surface area contributed by atoms with Gasteiger partial charge in [-0.15, -0.1) is 0 Å². The molecule has 0 N–H and O–H groups in total. The molecule has 0 aliphatic rings. The van der Waals surface area contributed by atoms with E-state index in [-0.39, 0.29) is 48.7 Å². The normalized spacial score (nSPS) is 11.8. The zero-order valence-corrected chi connectivity index (χ0v) is 59.5. The van der Waals surface area contributed by atoms with E-state index in [0.717, 1.165) is 103 Å². The molecule has 0 bridgehead atoms. The molecular weight excluding hydrogens is 1110 g/mol. The molecule has 0 unspecified atom stereocenters. The number of allylic oxidation sites excluding steroid dienone is 8. The van der Waals surface area contributed by atoms with E-state index in [9.17, 15) is 19.2 Å². The highest BCUT2D eigenvalue weighted by Gasteiger charge is 2.29. The Labute approximate surface area is 556 Å². The maximum absolute atomic E-state index is 14.1. The highest BCUT2D eigenvalue weighted by Crippen LogP contribution is 2.24. The number of hydrogen-bond acceptors (Lipinski definition) is 8. The van der Waals surface area contributed by atoms with E-state index < -0.39 is 23.9 Å². The van der Waals surface area contributed by atoms with Crippen molar-refractivity contribution in [3.8, 4) is 0 Å². The lowest BCUT2D eigenvalue weighted by atomic mass is 9.97. The van der Waals surface area contributed by atoms with Gasteiger partial charge >= 0.3 is 23.9 Å². The predicted molar refractivity (Wildman–Crippen MR) is 385 cm³/mol. The van der Waals surface area contributed by atoms with Crippen LogP contribution in [0.4, 0.5) is 0 Å². The maximum Gasteiger partial charge on any atom is 0.339 e. The van der Waals surface area contributed by atoms with Gasteiger partial charge in [0.15, 0.2) is 0 Å². The third-order valence-corrected chi connectivity index (χ3v) is 17.6. The smallest absolute Gasteiger partial charge is 0.339 e. The molecule has 0 radical (unpaired) electrons. The van der Waals surface area contributed by atoms with Crippen LogP contribution in [0.1, 0.15) is 429 Å². The molecular formula is C82H142O8. The van der Waals surface area contributed by atoms with Gasteiger partial charge < -0.3 is 18.9 Å². The molecule has 0 atom stereocenters. The zero-order valence-electron chi connectivity index (χ0n) is 59.5. The highest BCUT2D eigenvalue weighted by atomic mass is 16.5. The first kappa shape index (κ1) is 84.1. The summed E-state index contributed by atoms with van der Waals surface area (Å²) < 4.78 is 23.4. The average molecular weight is 1260 g/mol. The summed E-state index contributed by atoms with van der Waals surface area (Å²) in [4.78, 5) is 56.3. The van der Waals surface area contributed by atoms with E-state index in [1.807, 2.05) is 0 Å². The third kappa shape index (κ3) is 53.6. The minimum Gasteiger partial charge on any atom is -0.462 e. The van der Waals surface area contributed by atoms with E-state index in [1.165, 1.54) is 243 Å². The molecule has 1 aromatic carbocycles. The molecule has 0 saturated carbocycles. The molecule has 0 saturated heterocycles. The van der Waals surface area contributed by atoms with Crippen molar-refractivity contribution in [2.45, 2.75) is 387 Å². The highest BCUT2D eigenvalue weighted by molar-refractivity contribution is 6.10. The zero-order chi connectivity index (χ0) is 64.9. The molecule has 0 aliphatic carbocycles. The van der Waals surface area contributed by atoms with Crippen molar-refractivity contribution in [1.82, 2.24) is 0 Å². The van der Waals surface area contributed by atoms with E-state index in [2.05, 4.69) is 76.3 Å². The van der Waals surface area contributed by atoms with Crippen molar-refractivity contribution in [1.29, 1.82) is 0 Å². The van der Waals surface area contributed by atoms with E-state index in [4.69, 9.17) is 18.9 Å². The quantitative estimate of drug-likeness (QED) is 0.0275. The summed E-state index contributed by atoms with van der Waals surface area (Å²) >= 11 is 0. The fraction of sp³-hybridized carbons (Fsp3) is 0.780. The van der Waals surface area contributed by atoms with Crippen LogP contribution in [0.2, 0.25) is 0 Å². The van der Waals surface area contributed by atoms with Gasteiger partial charge in [0.2, 0.25) is 0 Å². The molecule has 0 aromatic heterocycles. The van der Waals surface area contributed by atoms with E-state index in [0.29, 0.717) is 25.7 Å². The lowest BCUT2D eigenvalue weighted by molar-refractivity contribution is 0.0434. The maximum atomic E-state index is 14.1. The van der Waals surface area contributed by atoms with Crippen LogP contribution in [0.5, 0.6) is 0 Å². The van der Waals surface area contributed by atoms with Gasteiger partial charge in [0.1, 0.15) is 0 Å². The van der Waals surface area contributed by atoms with Gasteiger partial charge in [-0.05, 0) is 141 Å². The van der Waals surface area contributed by atoms with Crippen LogP contribution in [0.25, 0.3) is 0 Å². The number of carbonyl (C=O) groups is 4. The second-order valence-corrected chi connectivity index (χ2v) is 26.2. The van der Waals surface area contributed by atoms with E-state index >= 15 is 0 Å². The Bertz CT molecular complexity index is 1640. The van der Waals surface area contributed by atoms with Gasteiger partial charge in [-0.25, -0.2) is 19.2 Å². The van der Waals surface area contributed by atoms with Gasteiger partial charge in [-0.1, -0.05) is 307 Å². The molecule has 8 nitrogen and oxygen atoms in total. The first-order chi connectivity index (χ1) is 44.4. The number of ether oxygens (including phenoxy) is 4. The molecule has 8 heteroatoms. The van der Waals surface area contributed by atoms with Crippen LogP contribution in [0.3, 0.4) is 0 Å². The fourth-order valence-corrected chi connectivity index (χ4v) is 11.6. The number of carbonyl (C=O) groups excluding carboxylic acids is 4. The largest absolute Gasteiger partial charge is 0.462 e. The van der Waals surface area contributed by atoms with Crippen LogP contribution in [0, 0.1) is 0 Å². The molecule has 0 fully saturated rings. The first-order valence-electron chi connectivity index (χ1n) is 38.9. The standard InChI is InChI=1S/C82H142O8/c1-5-9-13-17-21-25-29-33-37-41-45-49-53-57-61-65-69-87-79(83)75-73-77(81(85)89-71-67-63-59-55-51-47-43-39-35-31-27-23-19-15-11-7-3)78(82(86)90-72-68-64-60-56-52-48-44-40-36-32-28-24-20-16-12-8-4)74-76(75)80(84)88-70-66-62-58-54-50-46-42-38-34-30-26-22-18-14-10-6-2/h33-40,73-74H,5-32,41-72H2,1-4H3/b37-33-,38-34-,39-35-,40-36-. The van der Waals surface area contributed by atoms with Gasteiger partial charge in [0.05, 0.1) is 48.7 Å². The third-order valence-electron chi connectivity index (χ3n) is 17.6. The Balaban J connectivity index is 3.00. The average Bonchev–Trinajstić information content (AvgIpc) is 2.34. The molecule has 518 valence electrons. The van der Waals surface area contributed by atoms with Crippen molar-refractivity contribution < 1.29 is 38.1 Å². The molecule has 0 aliphatic heterocycles. The minimum atomic E-state index is -0.724. The SMILES string of the molecule is CCCCCCCC/C=C\CCCCCCCCOC(=O)c1cc(C(=O)OCCCCCCCC/C=C\CCCCCCCC)c(C(=O)OCCCCCCCC/C=C\CCCCCCCC)cc1C(=O)OCCCCCCCC/C=C\CCCCCCCC. The van der Waals surface area contributed by atoms with Crippen LogP contribution in [-0.4, -0.2) is 50.3 Å². The van der Waals surface area contributed by atoms with Crippen molar-refractivity contribution in [2.24, 2.45) is 0 Å². The van der Waals surface area contributed by atoms with Gasteiger partial charge in [-0.3, -0.25) is 0 Å². The fourth-order valence-electron chi connectivity index (χ4n) is 11.6. The molecule has 1 aromatic rings. The number of rotatable bonds is 68.